The van der Waals surface area contributed by atoms with Crippen LogP contribution >= 0.6 is 0 Å². The number of hydrogen-bond donors (Lipinski definition) is 2. The number of carbonyl (C=O) groups is 2. The maximum atomic E-state index is 12.2. The molecule has 0 aromatic heterocycles. The SMILES string of the molecule is Nc1ccc(COC(=O)C=Cc2ccc(OC(=O)c3ccc(OC(F)(F)F)cc3)cc2)c(N)c1. The van der Waals surface area contributed by atoms with Crippen LogP contribution in [0.5, 0.6) is 11.5 Å². The van der Waals surface area contributed by atoms with Gasteiger partial charge in [0.2, 0.25) is 0 Å². The lowest BCUT2D eigenvalue weighted by molar-refractivity contribution is -0.274. The predicted molar refractivity (Wildman–Crippen MR) is 119 cm³/mol. The fourth-order valence-electron chi connectivity index (χ4n) is 2.71. The van der Waals surface area contributed by atoms with E-state index in [1.54, 1.807) is 30.3 Å². The molecule has 3 rings (SSSR count). The van der Waals surface area contributed by atoms with Crippen molar-refractivity contribution in [2.24, 2.45) is 0 Å². The summed E-state index contributed by atoms with van der Waals surface area (Å²) in [6.45, 7) is -0.00646. The third kappa shape index (κ3) is 7.30. The third-order valence-electron chi connectivity index (χ3n) is 4.37. The van der Waals surface area contributed by atoms with E-state index in [2.05, 4.69) is 4.74 Å². The number of alkyl halides is 3. The molecule has 0 atom stereocenters. The Morgan fingerprint density at radius 2 is 1.53 bits per heavy atom. The monoisotopic (exact) mass is 472 g/mol. The molecule has 0 aliphatic rings. The second kappa shape index (κ2) is 10.4. The van der Waals surface area contributed by atoms with Crippen LogP contribution < -0.4 is 20.9 Å². The van der Waals surface area contributed by atoms with E-state index in [0.29, 0.717) is 22.5 Å². The highest BCUT2D eigenvalue weighted by molar-refractivity contribution is 5.91. The number of esters is 2. The van der Waals surface area contributed by atoms with Gasteiger partial charge in [0.1, 0.15) is 18.1 Å². The van der Waals surface area contributed by atoms with Crippen molar-refractivity contribution in [3.8, 4) is 11.5 Å². The number of ether oxygens (including phenoxy) is 3. The van der Waals surface area contributed by atoms with Crippen molar-refractivity contribution < 1.29 is 37.0 Å². The fraction of sp³-hybridized carbons (Fsp3) is 0.0833. The van der Waals surface area contributed by atoms with Crippen molar-refractivity contribution in [1.29, 1.82) is 0 Å². The van der Waals surface area contributed by atoms with E-state index >= 15 is 0 Å². The molecule has 0 heterocycles. The van der Waals surface area contributed by atoms with Crippen LogP contribution in [0.4, 0.5) is 24.5 Å². The Morgan fingerprint density at radius 1 is 0.882 bits per heavy atom. The number of halogens is 3. The summed E-state index contributed by atoms with van der Waals surface area (Å²) in [6, 6.07) is 15.4. The molecule has 10 heteroatoms. The van der Waals surface area contributed by atoms with Crippen molar-refractivity contribution in [2.75, 3.05) is 11.5 Å². The van der Waals surface area contributed by atoms with E-state index in [1.165, 1.54) is 24.3 Å². The van der Waals surface area contributed by atoms with Gasteiger partial charge in [0.15, 0.2) is 0 Å². The second-order valence-corrected chi connectivity index (χ2v) is 6.93. The van der Waals surface area contributed by atoms with Gasteiger partial charge in [0.05, 0.1) is 5.56 Å². The zero-order valence-electron chi connectivity index (χ0n) is 17.5. The quantitative estimate of drug-likeness (QED) is 0.221. The Morgan fingerprint density at radius 3 is 2.15 bits per heavy atom. The van der Waals surface area contributed by atoms with Gasteiger partial charge in [-0.3, -0.25) is 0 Å². The number of nitrogens with two attached hydrogens (primary N) is 2. The number of benzene rings is 3. The first kappa shape index (κ1) is 24.2. The van der Waals surface area contributed by atoms with E-state index in [4.69, 9.17) is 20.9 Å². The largest absolute Gasteiger partial charge is 0.573 e. The fourth-order valence-corrected chi connectivity index (χ4v) is 2.71. The maximum Gasteiger partial charge on any atom is 0.573 e. The van der Waals surface area contributed by atoms with Crippen LogP contribution in [0.1, 0.15) is 21.5 Å². The molecule has 3 aromatic rings. The molecular formula is C24H19F3N2O5. The molecular weight excluding hydrogens is 453 g/mol. The van der Waals surface area contributed by atoms with Crippen molar-refractivity contribution in [1.82, 2.24) is 0 Å². The first-order valence-electron chi connectivity index (χ1n) is 9.76. The molecule has 3 aromatic carbocycles. The van der Waals surface area contributed by atoms with Gasteiger partial charge in [0, 0.05) is 23.0 Å². The standard InChI is InChI=1S/C24H19F3N2O5/c25-24(26,27)34-20-10-5-16(6-11-20)23(31)33-19-8-1-15(2-9-19)3-12-22(30)32-14-17-4-7-18(28)13-21(17)29/h1-13H,14,28-29H2. The van der Waals surface area contributed by atoms with E-state index in [9.17, 15) is 22.8 Å². The third-order valence-corrected chi connectivity index (χ3v) is 4.37. The zero-order chi connectivity index (χ0) is 24.7. The number of hydrogen-bond acceptors (Lipinski definition) is 7. The van der Waals surface area contributed by atoms with Gasteiger partial charge in [-0.15, -0.1) is 13.2 Å². The molecule has 7 nitrogen and oxygen atoms in total. The summed E-state index contributed by atoms with van der Waals surface area (Å²) in [5, 5.41) is 0. The summed E-state index contributed by atoms with van der Waals surface area (Å²) in [6.07, 6.45) is -2.07. The van der Waals surface area contributed by atoms with Crippen LogP contribution in [0.3, 0.4) is 0 Å². The van der Waals surface area contributed by atoms with E-state index < -0.39 is 24.1 Å². The van der Waals surface area contributed by atoms with Gasteiger partial charge >= 0.3 is 18.3 Å². The minimum Gasteiger partial charge on any atom is -0.458 e. The molecule has 0 saturated carbocycles. The maximum absolute atomic E-state index is 12.2. The number of carbonyl (C=O) groups excluding carboxylic acids is 2. The van der Waals surface area contributed by atoms with Gasteiger partial charge in [-0.1, -0.05) is 18.2 Å². The minimum atomic E-state index is -4.82. The topological polar surface area (TPSA) is 114 Å². The number of nitrogen functional groups attached to an aromatic ring is 2. The molecule has 0 aliphatic heterocycles. The summed E-state index contributed by atoms with van der Waals surface area (Å²) >= 11 is 0. The Balaban J connectivity index is 1.51. The predicted octanol–water partition coefficient (Wildman–Crippen LogP) is 4.73. The highest BCUT2D eigenvalue weighted by Crippen LogP contribution is 2.23. The molecule has 34 heavy (non-hydrogen) atoms. The van der Waals surface area contributed by atoms with Crippen LogP contribution in [-0.4, -0.2) is 18.3 Å². The Bertz CT molecular complexity index is 1190. The van der Waals surface area contributed by atoms with E-state index in [-0.39, 0.29) is 17.9 Å². The van der Waals surface area contributed by atoms with Crippen LogP contribution in [0.15, 0.2) is 72.8 Å². The number of rotatable bonds is 7. The lowest BCUT2D eigenvalue weighted by Crippen LogP contribution is -2.17. The van der Waals surface area contributed by atoms with Gasteiger partial charge in [-0.05, 0) is 60.2 Å². The highest BCUT2D eigenvalue weighted by atomic mass is 19.4. The summed E-state index contributed by atoms with van der Waals surface area (Å²) < 4.78 is 50.7. The number of anilines is 2. The van der Waals surface area contributed by atoms with Gasteiger partial charge in [-0.25, -0.2) is 9.59 Å². The van der Waals surface area contributed by atoms with Crippen LogP contribution in [-0.2, 0) is 16.1 Å². The summed E-state index contributed by atoms with van der Waals surface area (Å²) in [7, 11) is 0. The molecule has 4 N–H and O–H groups in total. The smallest absolute Gasteiger partial charge is 0.458 e. The van der Waals surface area contributed by atoms with Crippen LogP contribution in [0, 0.1) is 0 Å². The van der Waals surface area contributed by atoms with Crippen molar-refractivity contribution in [2.45, 2.75) is 13.0 Å². The van der Waals surface area contributed by atoms with E-state index in [1.807, 2.05) is 0 Å². The average Bonchev–Trinajstić information content (AvgIpc) is 2.77. The molecule has 0 fully saturated rings. The normalized spacial score (nSPS) is 11.3. The zero-order valence-corrected chi connectivity index (χ0v) is 17.5. The summed E-state index contributed by atoms with van der Waals surface area (Å²) in [5.74, 6) is -1.58. The molecule has 176 valence electrons. The lowest BCUT2D eigenvalue weighted by atomic mass is 10.2. The van der Waals surface area contributed by atoms with Crippen LogP contribution in [0.2, 0.25) is 0 Å². The van der Waals surface area contributed by atoms with Crippen molar-refractivity contribution >= 4 is 29.4 Å². The summed E-state index contributed by atoms with van der Waals surface area (Å²) in [5.41, 5.74) is 13.7. The summed E-state index contributed by atoms with van der Waals surface area (Å²) in [4.78, 5) is 24.1. The highest BCUT2D eigenvalue weighted by Gasteiger charge is 2.31. The first-order valence-corrected chi connectivity index (χ1v) is 9.76. The molecule has 0 radical (unpaired) electrons. The van der Waals surface area contributed by atoms with Gasteiger partial charge in [0.25, 0.3) is 0 Å². The second-order valence-electron chi connectivity index (χ2n) is 6.93. The van der Waals surface area contributed by atoms with Gasteiger partial charge in [-0.2, -0.15) is 0 Å². The Kier molecular flexibility index (Phi) is 7.42. The molecule has 0 amide bonds. The van der Waals surface area contributed by atoms with Crippen molar-refractivity contribution in [3.05, 3.63) is 89.5 Å². The van der Waals surface area contributed by atoms with E-state index in [0.717, 1.165) is 24.3 Å². The molecule has 0 spiro atoms. The van der Waals surface area contributed by atoms with Crippen molar-refractivity contribution in [3.63, 3.8) is 0 Å². The molecule has 0 unspecified atom stereocenters. The average molecular weight is 472 g/mol. The molecule has 0 bridgehead atoms. The first-order chi connectivity index (χ1) is 16.1. The Hall–Kier alpha value is -4.47. The lowest BCUT2D eigenvalue weighted by Gasteiger charge is -2.09. The molecule has 0 aliphatic carbocycles. The van der Waals surface area contributed by atoms with Gasteiger partial charge < -0.3 is 25.7 Å². The Labute approximate surface area is 192 Å². The molecule has 0 saturated heterocycles. The van der Waals surface area contributed by atoms with Crippen LogP contribution in [0.25, 0.3) is 6.08 Å². The minimum absolute atomic E-state index is 0.00646.